The van der Waals surface area contributed by atoms with Gasteiger partial charge in [-0.05, 0) is 67.5 Å². The number of hydrazine groups is 1. The number of hydrogen-bond acceptors (Lipinski definition) is 7. The summed E-state index contributed by atoms with van der Waals surface area (Å²) in [5.41, 5.74) is 11.2. The van der Waals surface area contributed by atoms with Crippen LogP contribution in [0.15, 0.2) is 42.2 Å². The lowest BCUT2D eigenvalue weighted by Crippen LogP contribution is -2.27. The van der Waals surface area contributed by atoms with Gasteiger partial charge in [0.2, 0.25) is 0 Å². The normalized spacial score (nSPS) is 14.7. The van der Waals surface area contributed by atoms with Gasteiger partial charge in [-0.2, -0.15) is 0 Å². The van der Waals surface area contributed by atoms with E-state index in [-0.39, 0.29) is 11.3 Å². The highest BCUT2D eigenvalue weighted by Gasteiger charge is 2.40. The van der Waals surface area contributed by atoms with Crippen molar-refractivity contribution in [2.24, 2.45) is 11.6 Å². The molecule has 7 nitrogen and oxygen atoms in total. The van der Waals surface area contributed by atoms with Crippen molar-refractivity contribution in [2.45, 2.75) is 39.0 Å². The minimum Gasteiger partial charge on any atom is -0.492 e. The van der Waals surface area contributed by atoms with Crippen molar-refractivity contribution in [2.75, 3.05) is 28.4 Å². The number of nitrogens with zero attached hydrogens (tertiary/aromatic N) is 1. The molecule has 3 rings (SSSR count). The van der Waals surface area contributed by atoms with Gasteiger partial charge in [0.15, 0.2) is 5.75 Å². The van der Waals surface area contributed by atoms with E-state index in [9.17, 15) is 4.79 Å². The molecule has 2 aromatic rings. The predicted molar refractivity (Wildman–Crippen MR) is 130 cm³/mol. The quantitative estimate of drug-likeness (QED) is 0.272. The molecule has 1 amide bonds. The van der Waals surface area contributed by atoms with E-state index in [0.29, 0.717) is 28.4 Å². The van der Waals surface area contributed by atoms with Crippen LogP contribution < -0.4 is 31.4 Å². The molecule has 1 saturated carbocycles. The fourth-order valence-corrected chi connectivity index (χ4v) is 3.84. The first kappa shape index (κ1) is 22.8. The first-order valence-electron chi connectivity index (χ1n) is 10.1. The first-order chi connectivity index (χ1) is 14.7. The molecule has 0 aromatic heterocycles. The van der Waals surface area contributed by atoms with E-state index in [1.165, 1.54) is 22.5 Å². The van der Waals surface area contributed by atoms with E-state index < -0.39 is 0 Å². The summed E-state index contributed by atoms with van der Waals surface area (Å²) in [6.45, 7) is 5.92. The zero-order valence-corrected chi connectivity index (χ0v) is 19.5. The van der Waals surface area contributed by atoms with E-state index in [1.807, 2.05) is 25.3 Å². The van der Waals surface area contributed by atoms with Crippen LogP contribution in [-0.2, 0) is 5.41 Å². The van der Waals surface area contributed by atoms with E-state index in [0.717, 1.165) is 24.1 Å². The summed E-state index contributed by atoms with van der Waals surface area (Å²) in [5.74, 6) is 6.47. The fraction of sp³-hybridized carbons (Fsp3) is 0.348. The van der Waals surface area contributed by atoms with E-state index in [4.69, 9.17) is 16.3 Å². The number of rotatable bonds is 8. The Morgan fingerprint density at radius 2 is 1.94 bits per heavy atom. The standard InChI is InChI=1S/C23H31N5O2S/c1-14-6-7-16(10-20(14)28(25)13-15(2)24)22(29)26-18-11-17(23(3)8-9-23)12-19(27-31-5)21(18)30-4/h6-7,10-13,27H,8-9,24-25H2,1-5H3,(H,26,29)/b15-13-. The molecule has 0 bridgehead atoms. The third-order valence-corrected chi connectivity index (χ3v) is 5.97. The smallest absolute Gasteiger partial charge is 0.255 e. The molecule has 0 aliphatic heterocycles. The maximum atomic E-state index is 13.1. The maximum Gasteiger partial charge on any atom is 0.255 e. The van der Waals surface area contributed by atoms with Gasteiger partial charge in [-0.15, -0.1) is 0 Å². The summed E-state index contributed by atoms with van der Waals surface area (Å²) in [5, 5.41) is 4.46. The third kappa shape index (κ3) is 5.08. The van der Waals surface area contributed by atoms with Crippen molar-refractivity contribution < 1.29 is 9.53 Å². The number of aryl methyl sites for hydroxylation is 1. The minimum absolute atomic E-state index is 0.143. The molecule has 0 radical (unpaired) electrons. The monoisotopic (exact) mass is 441 g/mol. The lowest BCUT2D eigenvalue weighted by molar-refractivity contribution is 0.102. The number of allylic oxidation sites excluding steroid dienone is 1. The molecule has 2 aromatic carbocycles. The Morgan fingerprint density at radius 1 is 1.26 bits per heavy atom. The first-order valence-corrected chi connectivity index (χ1v) is 11.3. The zero-order chi connectivity index (χ0) is 22.8. The van der Waals surface area contributed by atoms with Gasteiger partial charge in [0.1, 0.15) is 0 Å². The number of benzene rings is 2. The van der Waals surface area contributed by atoms with Crippen LogP contribution in [0.3, 0.4) is 0 Å². The molecular formula is C23H31N5O2S. The van der Waals surface area contributed by atoms with Gasteiger partial charge in [0.25, 0.3) is 5.91 Å². The van der Waals surface area contributed by atoms with Crippen LogP contribution in [-0.4, -0.2) is 19.3 Å². The van der Waals surface area contributed by atoms with E-state index in [1.54, 1.807) is 32.4 Å². The van der Waals surface area contributed by atoms with Crippen LogP contribution in [0.4, 0.5) is 17.1 Å². The lowest BCUT2D eigenvalue weighted by Gasteiger charge is -2.20. The summed E-state index contributed by atoms with van der Waals surface area (Å²) < 4.78 is 8.91. The van der Waals surface area contributed by atoms with Gasteiger partial charge in [0.05, 0.1) is 24.2 Å². The molecule has 0 unspecified atom stereocenters. The number of carbonyl (C=O) groups is 1. The summed E-state index contributed by atoms with van der Waals surface area (Å²) in [7, 11) is 1.60. The van der Waals surface area contributed by atoms with Crippen molar-refractivity contribution in [3.8, 4) is 5.75 Å². The van der Waals surface area contributed by atoms with Crippen LogP contribution >= 0.6 is 11.9 Å². The summed E-state index contributed by atoms with van der Waals surface area (Å²) in [4.78, 5) is 13.1. The summed E-state index contributed by atoms with van der Waals surface area (Å²) in [6.07, 6.45) is 5.83. The van der Waals surface area contributed by atoms with Gasteiger partial charge in [-0.1, -0.05) is 24.9 Å². The molecule has 8 heteroatoms. The van der Waals surface area contributed by atoms with E-state index >= 15 is 0 Å². The molecule has 0 saturated heterocycles. The van der Waals surface area contributed by atoms with Crippen molar-refractivity contribution in [1.29, 1.82) is 0 Å². The molecule has 31 heavy (non-hydrogen) atoms. The summed E-state index contributed by atoms with van der Waals surface area (Å²) in [6, 6.07) is 9.52. The van der Waals surface area contributed by atoms with Gasteiger partial charge < -0.3 is 20.5 Å². The molecule has 0 atom stereocenters. The Hall–Kier alpha value is -2.84. The van der Waals surface area contributed by atoms with E-state index in [2.05, 4.69) is 23.0 Å². The fourth-order valence-electron chi connectivity index (χ4n) is 3.46. The summed E-state index contributed by atoms with van der Waals surface area (Å²) >= 11 is 1.48. The van der Waals surface area contributed by atoms with Crippen LogP contribution in [0.2, 0.25) is 0 Å². The second-order valence-electron chi connectivity index (χ2n) is 8.21. The highest BCUT2D eigenvalue weighted by atomic mass is 32.2. The Labute approximate surface area is 188 Å². The lowest BCUT2D eigenvalue weighted by atomic mass is 9.96. The number of nitrogens with two attached hydrogens (primary N) is 2. The van der Waals surface area contributed by atoms with Gasteiger partial charge in [-0.3, -0.25) is 9.80 Å². The SMILES string of the molecule is COc1c(NSC)cc(C2(C)CC2)cc1NC(=O)c1ccc(C)c(N(N)/C=C(/C)N)c1. The molecule has 6 N–H and O–H groups in total. The van der Waals surface area contributed by atoms with Crippen molar-refractivity contribution in [3.05, 3.63) is 58.9 Å². The number of amides is 1. The zero-order valence-electron chi connectivity index (χ0n) is 18.7. The molecule has 1 aliphatic carbocycles. The van der Waals surface area contributed by atoms with Gasteiger partial charge >= 0.3 is 0 Å². The van der Waals surface area contributed by atoms with Crippen molar-refractivity contribution in [3.63, 3.8) is 0 Å². The topological polar surface area (TPSA) is 106 Å². The number of hydrogen-bond donors (Lipinski definition) is 4. The number of methoxy groups -OCH3 is 1. The predicted octanol–water partition coefficient (Wildman–Crippen LogP) is 4.50. The average Bonchev–Trinajstić information content (AvgIpc) is 3.46. The molecule has 1 fully saturated rings. The largest absolute Gasteiger partial charge is 0.492 e. The second kappa shape index (κ2) is 9.11. The number of carbonyl (C=O) groups excluding carboxylic acids is 1. The van der Waals surface area contributed by atoms with Crippen molar-refractivity contribution >= 4 is 34.9 Å². The third-order valence-electron chi connectivity index (χ3n) is 5.54. The maximum absolute atomic E-state index is 13.1. The van der Waals surface area contributed by atoms with Crippen LogP contribution in [0.1, 0.15) is 48.2 Å². The van der Waals surface area contributed by atoms with Crippen molar-refractivity contribution in [1.82, 2.24) is 0 Å². The van der Waals surface area contributed by atoms with Crippen LogP contribution in [0.5, 0.6) is 5.75 Å². The minimum atomic E-state index is -0.241. The second-order valence-corrected chi connectivity index (χ2v) is 8.82. The number of nitrogens with one attached hydrogen (secondary N) is 2. The van der Waals surface area contributed by atoms with Gasteiger partial charge in [-0.25, -0.2) is 5.84 Å². The average molecular weight is 442 g/mol. The number of anilines is 3. The van der Waals surface area contributed by atoms with Crippen LogP contribution in [0, 0.1) is 6.92 Å². The van der Waals surface area contributed by atoms with Crippen LogP contribution in [0.25, 0.3) is 0 Å². The molecule has 1 aliphatic rings. The number of ether oxygens (including phenoxy) is 1. The highest BCUT2D eigenvalue weighted by molar-refractivity contribution is 7.99. The highest BCUT2D eigenvalue weighted by Crippen LogP contribution is 2.51. The van der Waals surface area contributed by atoms with Gasteiger partial charge in [0, 0.05) is 23.7 Å². The molecular weight excluding hydrogens is 410 g/mol. The molecule has 0 heterocycles. The Morgan fingerprint density at radius 3 is 2.52 bits per heavy atom. The Balaban J connectivity index is 1.96. The Bertz CT molecular complexity index is 1010. The Kier molecular flexibility index (Phi) is 6.71. The molecule has 0 spiro atoms. The molecule has 166 valence electrons.